The zero-order valence-electron chi connectivity index (χ0n) is 13.5. The average molecular weight is 286 g/mol. The van der Waals surface area contributed by atoms with Gasteiger partial charge in [-0.25, -0.2) is 0 Å². The SMILES string of the molecule is CCN(Cc1ccccc1CCNC1CC1)C1CCCC1. The first-order valence-corrected chi connectivity index (χ1v) is 8.91. The van der Waals surface area contributed by atoms with Gasteiger partial charge in [-0.2, -0.15) is 0 Å². The van der Waals surface area contributed by atoms with Gasteiger partial charge in [-0.05, 0) is 56.3 Å². The molecule has 1 aromatic rings. The molecular formula is C19H30N2. The lowest BCUT2D eigenvalue weighted by molar-refractivity contribution is 0.200. The molecule has 2 fully saturated rings. The van der Waals surface area contributed by atoms with Gasteiger partial charge in [-0.1, -0.05) is 44.0 Å². The van der Waals surface area contributed by atoms with E-state index in [9.17, 15) is 0 Å². The zero-order chi connectivity index (χ0) is 14.5. The molecule has 0 unspecified atom stereocenters. The second kappa shape index (κ2) is 7.42. The summed E-state index contributed by atoms with van der Waals surface area (Å²) in [5.74, 6) is 0. The van der Waals surface area contributed by atoms with E-state index in [1.807, 2.05) is 0 Å². The third-order valence-corrected chi connectivity index (χ3v) is 5.14. The molecule has 0 aromatic heterocycles. The van der Waals surface area contributed by atoms with Gasteiger partial charge in [0.25, 0.3) is 0 Å². The molecule has 1 aromatic carbocycles. The van der Waals surface area contributed by atoms with Gasteiger partial charge in [0, 0.05) is 18.6 Å². The Morgan fingerprint density at radius 3 is 2.43 bits per heavy atom. The van der Waals surface area contributed by atoms with Crippen molar-refractivity contribution in [3.05, 3.63) is 35.4 Å². The molecule has 1 N–H and O–H groups in total. The highest BCUT2D eigenvalue weighted by Crippen LogP contribution is 2.25. The standard InChI is InChI=1S/C19H30N2/c1-2-21(19-9-5-6-10-19)15-17-8-4-3-7-16(17)13-14-20-18-11-12-18/h3-4,7-8,18-20H,2,5-6,9-15H2,1H3. The molecule has 2 aliphatic rings. The predicted molar refractivity (Wildman–Crippen MR) is 89.5 cm³/mol. The maximum atomic E-state index is 3.64. The topological polar surface area (TPSA) is 15.3 Å². The number of nitrogens with one attached hydrogen (secondary N) is 1. The Labute approximate surface area is 129 Å². The smallest absolute Gasteiger partial charge is 0.0239 e. The number of hydrogen-bond donors (Lipinski definition) is 1. The molecule has 2 heteroatoms. The van der Waals surface area contributed by atoms with E-state index in [0.717, 1.165) is 25.2 Å². The summed E-state index contributed by atoms with van der Waals surface area (Å²) in [6.07, 6.45) is 9.59. The normalized spacial score (nSPS) is 19.5. The Morgan fingerprint density at radius 2 is 1.76 bits per heavy atom. The van der Waals surface area contributed by atoms with Gasteiger partial charge in [-0.15, -0.1) is 0 Å². The van der Waals surface area contributed by atoms with Crippen molar-refractivity contribution in [2.24, 2.45) is 0 Å². The van der Waals surface area contributed by atoms with E-state index < -0.39 is 0 Å². The van der Waals surface area contributed by atoms with Gasteiger partial charge in [-0.3, -0.25) is 4.90 Å². The second-order valence-electron chi connectivity index (χ2n) is 6.75. The van der Waals surface area contributed by atoms with Crippen LogP contribution in [0.2, 0.25) is 0 Å². The molecule has 0 bridgehead atoms. The van der Waals surface area contributed by atoms with E-state index in [0.29, 0.717) is 0 Å². The fourth-order valence-corrected chi connectivity index (χ4v) is 3.64. The molecule has 0 atom stereocenters. The summed E-state index contributed by atoms with van der Waals surface area (Å²) in [6, 6.07) is 10.7. The fraction of sp³-hybridized carbons (Fsp3) is 0.684. The highest BCUT2D eigenvalue weighted by atomic mass is 15.1. The molecule has 2 nitrogen and oxygen atoms in total. The van der Waals surface area contributed by atoms with Crippen LogP contribution in [0.1, 0.15) is 56.6 Å². The first-order valence-electron chi connectivity index (χ1n) is 8.91. The Kier molecular flexibility index (Phi) is 5.32. The lowest BCUT2D eigenvalue weighted by Crippen LogP contribution is -2.33. The number of nitrogens with zero attached hydrogens (tertiary/aromatic N) is 1. The van der Waals surface area contributed by atoms with Crippen LogP contribution >= 0.6 is 0 Å². The fourth-order valence-electron chi connectivity index (χ4n) is 3.64. The summed E-state index contributed by atoms with van der Waals surface area (Å²) < 4.78 is 0. The molecular weight excluding hydrogens is 256 g/mol. The van der Waals surface area contributed by atoms with E-state index in [1.54, 1.807) is 11.1 Å². The maximum Gasteiger partial charge on any atom is 0.0239 e. The summed E-state index contributed by atoms with van der Waals surface area (Å²) in [6.45, 7) is 5.77. The summed E-state index contributed by atoms with van der Waals surface area (Å²) in [5, 5.41) is 3.64. The molecule has 0 spiro atoms. The van der Waals surface area contributed by atoms with Gasteiger partial charge in [0.2, 0.25) is 0 Å². The summed E-state index contributed by atoms with van der Waals surface area (Å²) in [5.41, 5.74) is 3.09. The Bertz CT molecular complexity index is 433. The van der Waals surface area contributed by atoms with Gasteiger partial charge in [0.1, 0.15) is 0 Å². The molecule has 0 amide bonds. The Morgan fingerprint density at radius 1 is 1.05 bits per heavy atom. The van der Waals surface area contributed by atoms with E-state index in [1.165, 1.54) is 51.5 Å². The van der Waals surface area contributed by atoms with Crippen LogP contribution in [-0.4, -0.2) is 30.1 Å². The van der Waals surface area contributed by atoms with Crippen LogP contribution in [0, 0.1) is 0 Å². The van der Waals surface area contributed by atoms with Gasteiger partial charge < -0.3 is 5.32 Å². The number of benzene rings is 1. The van der Waals surface area contributed by atoms with Crippen molar-refractivity contribution in [1.82, 2.24) is 10.2 Å². The van der Waals surface area contributed by atoms with Crippen molar-refractivity contribution in [3.63, 3.8) is 0 Å². The van der Waals surface area contributed by atoms with Crippen molar-refractivity contribution in [2.45, 2.75) is 70.5 Å². The third-order valence-electron chi connectivity index (χ3n) is 5.14. The molecule has 2 saturated carbocycles. The molecule has 0 heterocycles. The highest BCUT2D eigenvalue weighted by molar-refractivity contribution is 5.27. The molecule has 116 valence electrons. The second-order valence-corrected chi connectivity index (χ2v) is 6.75. The summed E-state index contributed by atoms with van der Waals surface area (Å²) in [4.78, 5) is 2.69. The molecule has 0 radical (unpaired) electrons. The van der Waals surface area contributed by atoms with Crippen molar-refractivity contribution in [3.8, 4) is 0 Å². The van der Waals surface area contributed by atoms with Crippen LogP contribution < -0.4 is 5.32 Å². The Hall–Kier alpha value is -0.860. The molecule has 0 saturated heterocycles. The van der Waals surface area contributed by atoms with Crippen LogP contribution in [0.5, 0.6) is 0 Å². The minimum atomic E-state index is 0.822. The van der Waals surface area contributed by atoms with Crippen molar-refractivity contribution in [2.75, 3.05) is 13.1 Å². The van der Waals surface area contributed by atoms with E-state index in [4.69, 9.17) is 0 Å². The molecule has 2 aliphatic carbocycles. The average Bonchev–Trinajstić information content (AvgIpc) is 3.17. The van der Waals surface area contributed by atoms with Crippen LogP contribution in [0.4, 0.5) is 0 Å². The number of hydrogen-bond acceptors (Lipinski definition) is 2. The van der Waals surface area contributed by atoms with Crippen molar-refractivity contribution < 1.29 is 0 Å². The quantitative estimate of drug-likeness (QED) is 0.783. The molecule has 21 heavy (non-hydrogen) atoms. The first-order chi connectivity index (χ1) is 10.4. The minimum Gasteiger partial charge on any atom is -0.314 e. The van der Waals surface area contributed by atoms with Gasteiger partial charge >= 0.3 is 0 Å². The van der Waals surface area contributed by atoms with Crippen molar-refractivity contribution >= 4 is 0 Å². The molecule has 3 rings (SSSR count). The lowest BCUT2D eigenvalue weighted by Gasteiger charge is -2.28. The van der Waals surface area contributed by atoms with E-state index >= 15 is 0 Å². The van der Waals surface area contributed by atoms with E-state index in [2.05, 4.69) is 41.4 Å². The third kappa shape index (κ3) is 4.31. The van der Waals surface area contributed by atoms with Gasteiger partial charge in [0.15, 0.2) is 0 Å². The summed E-state index contributed by atoms with van der Waals surface area (Å²) >= 11 is 0. The van der Waals surface area contributed by atoms with Crippen LogP contribution in [0.25, 0.3) is 0 Å². The predicted octanol–water partition coefficient (Wildman–Crippen LogP) is 3.75. The maximum absolute atomic E-state index is 3.64. The number of rotatable bonds is 8. The van der Waals surface area contributed by atoms with Crippen LogP contribution in [-0.2, 0) is 13.0 Å². The summed E-state index contributed by atoms with van der Waals surface area (Å²) in [7, 11) is 0. The van der Waals surface area contributed by atoms with Crippen LogP contribution in [0.15, 0.2) is 24.3 Å². The van der Waals surface area contributed by atoms with Gasteiger partial charge in [0.05, 0.1) is 0 Å². The zero-order valence-corrected chi connectivity index (χ0v) is 13.5. The highest BCUT2D eigenvalue weighted by Gasteiger charge is 2.22. The van der Waals surface area contributed by atoms with Crippen molar-refractivity contribution in [1.29, 1.82) is 0 Å². The van der Waals surface area contributed by atoms with E-state index in [-0.39, 0.29) is 0 Å². The first kappa shape index (κ1) is 15.1. The Balaban J connectivity index is 1.59. The monoisotopic (exact) mass is 286 g/mol. The lowest BCUT2D eigenvalue weighted by atomic mass is 10.0. The molecule has 0 aliphatic heterocycles. The minimum absolute atomic E-state index is 0.822. The van der Waals surface area contributed by atoms with Crippen LogP contribution in [0.3, 0.4) is 0 Å². The largest absolute Gasteiger partial charge is 0.314 e.